The lowest BCUT2D eigenvalue weighted by Gasteiger charge is -2.39. The molecule has 0 unspecified atom stereocenters. The van der Waals surface area contributed by atoms with Crippen LogP contribution in [-0.4, -0.2) is 66.4 Å². The fraction of sp³-hybridized carbons (Fsp3) is 0.674. The largest absolute Gasteiger partial charge is 0.507 e. The van der Waals surface area contributed by atoms with Gasteiger partial charge in [-0.15, -0.1) is 0 Å². The van der Waals surface area contributed by atoms with E-state index < -0.39 is 0 Å². The molecule has 0 aliphatic rings. The van der Waals surface area contributed by atoms with Gasteiger partial charge in [0, 0.05) is 23.6 Å². The number of rotatable bonds is 25. The maximum atomic E-state index is 11.1. The van der Waals surface area contributed by atoms with Gasteiger partial charge in [-0.1, -0.05) is 99.6 Å². The van der Waals surface area contributed by atoms with E-state index >= 15 is 0 Å². The molecule has 0 heterocycles. The fourth-order valence-corrected chi connectivity index (χ4v) is 6.80. The van der Waals surface area contributed by atoms with E-state index in [0.717, 1.165) is 41.5 Å². The molecular formula is C43H72N3O2+. The number of hydrogen-bond acceptors (Lipinski definition) is 4. The molecule has 0 saturated carbocycles. The highest BCUT2D eigenvalue weighted by molar-refractivity contribution is 5.85. The SMILES string of the molecule is CCCCCc1cc(C=NCCN=Cc2cc(CCCC[N+](CCCC)(CCCC)CCCC)cc(C(C)C)c2O)c(O)c(C(C)C)c1. The van der Waals surface area contributed by atoms with Crippen LogP contribution in [0, 0.1) is 0 Å². The predicted octanol–water partition coefficient (Wildman–Crippen LogP) is 11.2. The summed E-state index contributed by atoms with van der Waals surface area (Å²) in [5.41, 5.74) is 6.14. The van der Waals surface area contributed by atoms with Crippen LogP contribution in [0.1, 0.15) is 171 Å². The van der Waals surface area contributed by atoms with Gasteiger partial charge < -0.3 is 14.7 Å². The van der Waals surface area contributed by atoms with Crippen LogP contribution >= 0.6 is 0 Å². The molecule has 0 bridgehead atoms. The zero-order chi connectivity index (χ0) is 35.4. The van der Waals surface area contributed by atoms with E-state index in [4.69, 9.17) is 0 Å². The summed E-state index contributed by atoms with van der Waals surface area (Å²) < 4.78 is 1.30. The van der Waals surface area contributed by atoms with E-state index in [-0.39, 0.29) is 11.8 Å². The van der Waals surface area contributed by atoms with Gasteiger partial charge >= 0.3 is 0 Å². The van der Waals surface area contributed by atoms with Gasteiger partial charge in [-0.05, 0) is 97.6 Å². The highest BCUT2D eigenvalue weighted by Gasteiger charge is 2.25. The average molecular weight is 663 g/mol. The van der Waals surface area contributed by atoms with Gasteiger partial charge in [-0.25, -0.2) is 0 Å². The minimum absolute atomic E-state index is 0.240. The molecule has 0 amide bonds. The highest BCUT2D eigenvalue weighted by Crippen LogP contribution is 2.32. The van der Waals surface area contributed by atoms with Crippen molar-refractivity contribution in [2.75, 3.05) is 39.3 Å². The number of nitrogens with zero attached hydrogens (tertiary/aromatic N) is 3. The summed E-state index contributed by atoms with van der Waals surface area (Å²) in [6.07, 6.45) is 19.5. The summed E-state index contributed by atoms with van der Waals surface area (Å²) in [7, 11) is 0. The van der Waals surface area contributed by atoms with E-state index in [1.807, 2.05) is 6.21 Å². The van der Waals surface area contributed by atoms with Crippen molar-refractivity contribution < 1.29 is 14.7 Å². The molecule has 2 N–H and O–H groups in total. The van der Waals surface area contributed by atoms with Crippen LogP contribution in [0.4, 0.5) is 0 Å². The zero-order valence-corrected chi connectivity index (χ0v) is 32.3. The van der Waals surface area contributed by atoms with E-state index in [1.165, 1.54) is 106 Å². The smallest absolute Gasteiger partial charge is 0.127 e. The number of aromatic hydroxyl groups is 2. The molecule has 0 spiro atoms. The Labute approximate surface area is 295 Å². The quantitative estimate of drug-likeness (QED) is 0.0631. The van der Waals surface area contributed by atoms with Crippen molar-refractivity contribution in [1.29, 1.82) is 0 Å². The van der Waals surface area contributed by atoms with Crippen LogP contribution in [0.15, 0.2) is 34.3 Å². The minimum Gasteiger partial charge on any atom is -0.507 e. The van der Waals surface area contributed by atoms with Crippen LogP contribution in [0.2, 0.25) is 0 Å². The number of aliphatic imine (C=N–C) groups is 2. The highest BCUT2D eigenvalue weighted by atomic mass is 16.3. The second-order valence-electron chi connectivity index (χ2n) is 14.8. The topological polar surface area (TPSA) is 65.2 Å². The van der Waals surface area contributed by atoms with Crippen molar-refractivity contribution in [1.82, 2.24) is 0 Å². The normalized spacial score (nSPS) is 12.5. The van der Waals surface area contributed by atoms with Gasteiger partial charge in [0.25, 0.3) is 0 Å². The summed E-state index contributed by atoms with van der Waals surface area (Å²) in [5.74, 6) is 1.18. The molecule has 0 atom stereocenters. The molecule has 0 fully saturated rings. The van der Waals surface area contributed by atoms with Crippen LogP contribution in [0.3, 0.4) is 0 Å². The molecular weight excluding hydrogens is 590 g/mol. The predicted molar refractivity (Wildman–Crippen MR) is 210 cm³/mol. The molecule has 5 nitrogen and oxygen atoms in total. The lowest BCUT2D eigenvalue weighted by Crippen LogP contribution is -2.50. The Balaban J connectivity index is 2.09. The Morgan fingerprint density at radius 2 is 0.917 bits per heavy atom. The third kappa shape index (κ3) is 14.1. The third-order valence-corrected chi connectivity index (χ3v) is 9.90. The van der Waals surface area contributed by atoms with E-state index in [2.05, 4.69) is 89.6 Å². The first kappa shape index (κ1) is 41.5. The first-order valence-corrected chi connectivity index (χ1v) is 19.7. The molecule has 0 aliphatic carbocycles. The van der Waals surface area contributed by atoms with Gasteiger partial charge in [0.2, 0.25) is 0 Å². The second kappa shape index (κ2) is 22.9. The summed E-state index contributed by atoms with van der Waals surface area (Å²) in [6.45, 7) is 24.0. The van der Waals surface area contributed by atoms with E-state index in [9.17, 15) is 10.2 Å². The Morgan fingerprint density at radius 3 is 1.29 bits per heavy atom. The third-order valence-electron chi connectivity index (χ3n) is 9.90. The van der Waals surface area contributed by atoms with Crippen LogP contribution < -0.4 is 0 Å². The number of phenolic OH excluding ortho intramolecular Hbond substituents is 2. The monoisotopic (exact) mass is 663 g/mol. The van der Waals surface area contributed by atoms with Crippen LogP contribution in [-0.2, 0) is 12.8 Å². The van der Waals surface area contributed by atoms with Crippen molar-refractivity contribution in [2.24, 2.45) is 9.98 Å². The van der Waals surface area contributed by atoms with E-state index in [1.54, 1.807) is 6.21 Å². The first-order chi connectivity index (χ1) is 23.1. The molecule has 2 aromatic carbocycles. The fourth-order valence-electron chi connectivity index (χ4n) is 6.80. The number of hydrogen-bond donors (Lipinski definition) is 2. The minimum atomic E-state index is 0.240. The van der Waals surface area contributed by atoms with Gasteiger partial charge in [0.05, 0.1) is 39.3 Å². The van der Waals surface area contributed by atoms with Gasteiger partial charge in [-0.3, -0.25) is 9.98 Å². The molecule has 0 aliphatic heterocycles. The Morgan fingerprint density at radius 1 is 0.542 bits per heavy atom. The first-order valence-electron chi connectivity index (χ1n) is 19.7. The maximum absolute atomic E-state index is 11.1. The van der Waals surface area contributed by atoms with Crippen molar-refractivity contribution in [2.45, 2.75) is 151 Å². The Bertz CT molecular complexity index is 1230. The number of quaternary nitrogens is 1. The second-order valence-corrected chi connectivity index (χ2v) is 14.8. The molecule has 0 saturated heterocycles. The average Bonchev–Trinajstić information content (AvgIpc) is 3.06. The van der Waals surface area contributed by atoms with Crippen molar-refractivity contribution in [3.05, 3.63) is 57.6 Å². The Hall–Kier alpha value is -2.66. The molecule has 2 aromatic rings. The number of unbranched alkanes of at least 4 members (excludes halogenated alkanes) is 6. The standard InChI is InChI=1S/C43H71N3O2/c1-9-13-17-20-36-28-38(42(47)40(30-36)34(5)6)32-44-22-23-45-33-39-29-37(31-41(35(7)8)43(39)48)21-18-19-27-46(24-14-10-2,25-15-11-3)26-16-12-4/h28-35H,9-27H2,1-8H3,(H-,44,45,47,48)/p+1. The van der Waals surface area contributed by atoms with Gasteiger partial charge in [0.15, 0.2) is 0 Å². The molecule has 0 radical (unpaired) electrons. The van der Waals surface area contributed by atoms with Crippen molar-refractivity contribution >= 4 is 12.4 Å². The number of aryl methyl sites for hydroxylation is 2. The number of phenols is 2. The molecule has 2 rings (SSSR count). The van der Waals surface area contributed by atoms with Crippen molar-refractivity contribution in [3.63, 3.8) is 0 Å². The molecule has 0 aromatic heterocycles. The Kier molecular flexibility index (Phi) is 19.8. The van der Waals surface area contributed by atoms with Crippen LogP contribution in [0.5, 0.6) is 11.5 Å². The summed E-state index contributed by atoms with van der Waals surface area (Å²) in [5, 5.41) is 22.0. The molecule has 270 valence electrons. The molecule has 48 heavy (non-hydrogen) atoms. The summed E-state index contributed by atoms with van der Waals surface area (Å²) in [6, 6.07) is 8.59. The summed E-state index contributed by atoms with van der Waals surface area (Å²) >= 11 is 0. The maximum Gasteiger partial charge on any atom is 0.127 e. The van der Waals surface area contributed by atoms with Crippen LogP contribution in [0.25, 0.3) is 0 Å². The van der Waals surface area contributed by atoms with E-state index in [0.29, 0.717) is 24.6 Å². The van der Waals surface area contributed by atoms with Crippen molar-refractivity contribution in [3.8, 4) is 11.5 Å². The lowest BCUT2D eigenvalue weighted by atomic mass is 9.94. The van der Waals surface area contributed by atoms with Gasteiger partial charge in [0.1, 0.15) is 11.5 Å². The summed E-state index contributed by atoms with van der Waals surface area (Å²) in [4.78, 5) is 9.28. The number of benzene rings is 2. The van der Waals surface area contributed by atoms with Gasteiger partial charge in [-0.2, -0.15) is 0 Å². The zero-order valence-electron chi connectivity index (χ0n) is 32.3. The lowest BCUT2D eigenvalue weighted by molar-refractivity contribution is -0.929. The molecule has 5 heteroatoms.